The fourth-order valence-corrected chi connectivity index (χ4v) is 3.12. The van der Waals surface area contributed by atoms with Crippen LogP contribution in [0, 0.1) is 0 Å². The van der Waals surface area contributed by atoms with Gasteiger partial charge in [-0.05, 0) is 12.1 Å². The maximum atomic E-state index is 12.2. The average Bonchev–Trinajstić information content (AvgIpc) is 3.03. The topological polar surface area (TPSA) is 89.8 Å². The zero-order chi connectivity index (χ0) is 18.0. The number of fused-ring (bicyclic) bond motifs is 1. The molecule has 2 aromatic heterocycles. The highest BCUT2D eigenvalue weighted by molar-refractivity contribution is 7.15. The molecule has 0 aliphatic rings. The molecule has 0 bridgehead atoms. The Labute approximate surface area is 148 Å². The zero-order valence-electron chi connectivity index (χ0n) is 14.3. The first kappa shape index (κ1) is 17.2. The van der Waals surface area contributed by atoms with Gasteiger partial charge in [0.15, 0.2) is 0 Å². The number of amides is 1. The molecule has 0 spiro atoms. The fraction of sp³-hybridized carbons (Fsp3) is 0.353. The van der Waals surface area contributed by atoms with Crippen LogP contribution in [0.2, 0.25) is 0 Å². The Balaban J connectivity index is 1.68. The van der Waals surface area contributed by atoms with Gasteiger partial charge in [0.25, 0.3) is 0 Å². The minimum absolute atomic E-state index is 0.0978. The molecule has 0 fully saturated rings. The van der Waals surface area contributed by atoms with E-state index in [0.29, 0.717) is 22.6 Å². The van der Waals surface area contributed by atoms with Crippen LogP contribution < -0.4 is 10.7 Å². The van der Waals surface area contributed by atoms with Crippen LogP contribution in [0.4, 0.5) is 5.13 Å². The molecule has 0 atom stereocenters. The second-order valence-electron chi connectivity index (χ2n) is 6.71. The molecule has 25 heavy (non-hydrogen) atoms. The third-order valence-corrected chi connectivity index (χ3v) is 4.89. The van der Waals surface area contributed by atoms with Crippen LogP contribution in [-0.4, -0.2) is 25.9 Å². The molecule has 1 aromatic carbocycles. The van der Waals surface area contributed by atoms with E-state index in [2.05, 4.69) is 20.6 Å². The van der Waals surface area contributed by atoms with Gasteiger partial charge in [-0.2, -0.15) is 5.10 Å². The number of anilines is 1. The first-order valence-electron chi connectivity index (χ1n) is 7.93. The molecule has 0 unspecified atom stereocenters. The summed E-state index contributed by atoms with van der Waals surface area (Å²) in [4.78, 5) is 24.0. The Morgan fingerprint density at radius 3 is 2.72 bits per heavy atom. The number of hydrogen-bond acceptors (Lipinski definition) is 6. The molecular formula is C17H19N5O2S. The lowest BCUT2D eigenvalue weighted by atomic mass is 9.98. The molecule has 3 rings (SSSR count). The quantitative estimate of drug-likeness (QED) is 0.775. The highest BCUT2D eigenvalue weighted by Crippen LogP contribution is 2.27. The standard InChI is InChI=1S/C17H19N5O2S/c1-17(2,3)15-20-21-16(25-15)19-14(24)8-9-22-12-7-5-4-6-11(12)13(23)10-18-22/h4-7,10H,8-9H2,1-3H3,(H,19,21,24). The summed E-state index contributed by atoms with van der Waals surface area (Å²) in [5.41, 5.74) is 0.493. The zero-order valence-corrected chi connectivity index (χ0v) is 15.1. The molecule has 3 aromatic rings. The molecule has 0 saturated heterocycles. The number of carbonyl (C=O) groups is 1. The maximum Gasteiger partial charge on any atom is 0.228 e. The van der Waals surface area contributed by atoms with Crippen molar-refractivity contribution in [2.75, 3.05) is 5.32 Å². The third-order valence-electron chi connectivity index (χ3n) is 3.63. The first-order valence-corrected chi connectivity index (χ1v) is 8.75. The molecule has 2 heterocycles. The monoisotopic (exact) mass is 357 g/mol. The Kier molecular flexibility index (Phi) is 4.63. The van der Waals surface area contributed by atoms with E-state index in [1.807, 2.05) is 39.0 Å². The molecule has 0 aliphatic carbocycles. The summed E-state index contributed by atoms with van der Waals surface area (Å²) in [6, 6.07) is 7.23. The van der Waals surface area contributed by atoms with Crippen molar-refractivity contribution in [1.82, 2.24) is 20.0 Å². The summed E-state index contributed by atoms with van der Waals surface area (Å²) in [7, 11) is 0. The number of hydrogen-bond donors (Lipinski definition) is 1. The van der Waals surface area contributed by atoms with Gasteiger partial charge in [-0.15, -0.1) is 10.2 Å². The lowest BCUT2D eigenvalue weighted by Gasteiger charge is -2.12. The Morgan fingerprint density at radius 1 is 1.24 bits per heavy atom. The lowest BCUT2D eigenvalue weighted by Crippen LogP contribution is -2.18. The predicted octanol–water partition coefficient (Wildman–Crippen LogP) is 2.57. The summed E-state index contributed by atoms with van der Waals surface area (Å²) in [5, 5.41) is 17.0. The SMILES string of the molecule is CC(C)(C)c1nnc(NC(=O)CCn2ncc(=O)c3ccccc32)s1. The van der Waals surface area contributed by atoms with Gasteiger partial charge >= 0.3 is 0 Å². The van der Waals surface area contributed by atoms with Crippen LogP contribution in [0.5, 0.6) is 0 Å². The van der Waals surface area contributed by atoms with Crippen LogP contribution in [0.1, 0.15) is 32.2 Å². The number of aromatic nitrogens is 4. The predicted molar refractivity (Wildman–Crippen MR) is 97.9 cm³/mol. The van der Waals surface area contributed by atoms with Crippen molar-refractivity contribution in [3.05, 3.63) is 45.7 Å². The number of para-hydroxylation sites is 1. The first-order chi connectivity index (χ1) is 11.8. The number of rotatable bonds is 4. The second kappa shape index (κ2) is 6.72. The molecule has 7 nitrogen and oxygen atoms in total. The summed E-state index contributed by atoms with van der Waals surface area (Å²) in [5.74, 6) is -0.166. The van der Waals surface area contributed by atoms with Gasteiger partial charge < -0.3 is 5.32 Å². The van der Waals surface area contributed by atoms with Crippen LogP contribution in [0.25, 0.3) is 10.9 Å². The number of benzene rings is 1. The summed E-state index contributed by atoms with van der Waals surface area (Å²) in [6.45, 7) is 6.52. The molecule has 8 heteroatoms. The van der Waals surface area contributed by atoms with Crippen molar-refractivity contribution < 1.29 is 4.79 Å². The molecule has 0 saturated carbocycles. The van der Waals surface area contributed by atoms with E-state index >= 15 is 0 Å². The summed E-state index contributed by atoms with van der Waals surface area (Å²) >= 11 is 1.38. The smallest absolute Gasteiger partial charge is 0.228 e. The van der Waals surface area contributed by atoms with Gasteiger partial charge in [0.2, 0.25) is 16.5 Å². The van der Waals surface area contributed by atoms with E-state index in [0.717, 1.165) is 5.01 Å². The van der Waals surface area contributed by atoms with Crippen molar-refractivity contribution >= 4 is 33.3 Å². The van der Waals surface area contributed by atoms with Crippen LogP contribution in [-0.2, 0) is 16.8 Å². The van der Waals surface area contributed by atoms with Crippen LogP contribution in [0.3, 0.4) is 0 Å². The number of nitrogens with zero attached hydrogens (tertiary/aromatic N) is 4. The van der Waals surface area contributed by atoms with E-state index < -0.39 is 0 Å². The number of aryl methyl sites for hydroxylation is 1. The molecular weight excluding hydrogens is 338 g/mol. The number of nitrogens with one attached hydrogen (secondary N) is 1. The molecule has 1 N–H and O–H groups in total. The largest absolute Gasteiger partial charge is 0.300 e. The molecule has 1 amide bonds. The molecule has 0 aliphatic heterocycles. The van der Waals surface area contributed by atoms with Crippen molar-refractivity contribution in [3.8, 4) is 0 Å². The van der Waals surface area contributed by atoms with Gasteiger partial charge in [0.05, 0.1) is 18.3 Å². The minimum Gasteiger partial charge on any atom is -0.300 e. The van der Waals surface area contributed by atoms with Crippen molar-refractivity contribution in [3.63, 3.8) is 0 Å². The average molecular weight is 357 g/mol. The van der Waals surface area contributed by atoms with Gasteiger partial charge in [0.1, 0.15) is 5.01 Å². The van der Waals surface area contributed by atoms with E-state index in [4.69, 9.17) is 0 Å². The third kappa shape index (κ3) is 3.90. The minimum atomic E-state index is -0.166. The second-order valence-corrected chi connectivity index (χ2v) is 7.69. The number of carbonyl (C=O) groups excluding carboxylic acids is 1. The van der Waals surface area contributed by atoms with Gasteiger partial charge in [-0.25, -0.2) is 0 Å². The normalized spacial score (nSPS) is 11.6. The van der Waals surface area contributed by atoms with E-state index in [1.54, 1.807) is 10.7 Å². The van der Waals surface area contributed by atoms with Gasteiger partial charge in [0, 0.05) is 17.2 Å². The van der Waals surface area contributed by atoms with Crippen LogP contribution >= 0.6 is 11.3 Å². The Morgan fingerprint density at radius 2 is 2.00 bits per heavy atom. The van der Waals surface area contributed by atoms with Crippen LogP contribution in [0.15, 0.2) is 35.3 Å². The highest BCUT2D eigenvalue weighted by atomic mass is 32.1. The van der Waals surface area contributed by atoms with E-state index in [9.17, 15) is 9.59 Å². The summed E-state index contributed by atoms with van der Waals surface area (Å²) in [6.07, 6.45) is 1.50. The van der Waals surface area contributed by atoms with Gasteiger partial charge in [-0.3, -0.25) is 14.3 Å². The van der Waals surface area contributed by atoms with Crippen molar-refractivity contribution in [2.24, 2.45) is 0 Å². The summed E-state index contributed by atoms with van der Waals surface area (Å²) < 4.78 is 1.66. The molecule has 0 radical (unpaired) electrons. The van der Waals surface area contributed by atoms with Crippen molar-refractivity contribution in [1.29, 1.82) is 0 Å². The Bertz CT molecular complexity index is 971. The Hall–Kier alpha value is -2.61. The fourth-order valence-electron chi connectivity index (χ4n) is 2.31. The van der Waals surface area contributed by atoms with Crippen molar-refractivity contribution in [2.45, 2.75) is 39.2 Å². The molecule has 130 valence electrons. The van der Waals surface area contributed by atoms with Gasteiger partial charge in [-0.1, -0.05) is 44.2 Å². The lowest BCUT2D eigenvalue weighted by molar-refractivity contribution is -0.116. The highest BCUT2D eigenvalue weighted by Gasteiger charge is 2.20. The van der Waals surface area contributed by atoms with E-state index in [-0.39, 0.29) is 23.2 Å². The maximum absolute atomic E-state index is 12.2. The van der Waals surface area contributed by atoms with E-state index in [1.165, 1.54) is 17.5 Å².